The van der Waals surface area contributed by atoms with E-state index in [2.05, 4.69) is 13.8 Å². The molecule has 0 unspecified atom stereocenters. The van der Waals surface area contributed by atoms with Crippen molar-refractivity contribution in [2.75, 3.05) is 14.2 Å². The molecule has 17 heavy (non-hydrogen) atoms. The standard InChI is InChI=1S/C14H22O3/c1-9(2)10-7-11(14(3,4)15)13(17-6)8-12(10)16-5/h7-9,15H,1-6H3. The summed E-state index contributed by atoms with van der Waals surface area (Å²) in [7, 11) is 3.24. The summed E-state index contributed by atoms with van der Waals surface area (Å²) in [5.74, 6) is 1.78. The van der Waals surface area contributed by atoms with Gasteiger partial charge >= 0.3 is 0 Å². The van der Waals surface area contributed by atoms with E-state index in [1.54, 1.807) is 28.1 Å². The molecule has 0 spiro atoms. The lowest BCUT2D eigenvalue weighted by Gasteiger charge is -2.24. The summed E-state index contributed by atoms with van der Waals surface area (Å²) >= 11 is 0. The van der Waals surface area contributed by atoms with Crippen LogP contribution in [0.2, 0.25) is 0 Å². The van der Waals surface area contributed by atoms with Crippen molar-refractivity contribution in [3.8, 4) is 11.5 Å². The van der Waals surface area contributed by atoms with Gasteiger partial charge in [0.05, 0.1) is 19.8 Å². The highest BCUT2D eigenvalue weighted by Gasteiger charge is 2.24. The zero-order valence-electron chi connectivity index (χ0n) is 11.5. The van der Waals surface area contributed by atoms with Crippen LogP contribution in [0.1, 0.15) is 44.7 Å². The van der Waals surface area contributed by atoms with Crippen LogP contribution in [0.15, 0.2) is 12.1 Å². The normalized spacial score (nSPS) is 11.8. The molecule has 0 aliphatic heterocycles. The number of aliphatic hydroxyl groups is 1. The predicted octanol–water partition coefficient (Wildman–Crippen LogP) is 3.05. The molecule has 0 bridgehead atoms. The van der Waals surface area contributed by atoms with Gasteiger partial charge in [0.2, 0.25) is 0 Å². The molecule has 0 radical (unpaired) electrons. The van der Waals surface area contributed by atoms with Crippen LogP contribution in [0.25, 0.3) is 0 Å². The van der Waals surface area contributed by atoms with E-state index in [1.807, 2.05) is 12.1 Å². The highest BCUT2D eigenvalue weighted by atomic mass is 16.5. The smallest absolute Gasteiger partial charge is 0.128 e. The van der Waals surface area contributed by atoms with Gasteiger partial charge in [0.25, 0.3) is 0 Å². The topological polar surface area (TPSA) is 38.7 Å². The summed E-state index contributed by atoms with van der Waals surface area (Å²) in [6.07, 6.45) is 0. The third-order valence-corrected chi connectivity index (χ3v) is 2.83. The monoisotopic (exact) mass is 238 g/mol. The molecule has 1 aromatic carbocycles. The minimum absolute atomic E-state index is 0.331. The van der Waals surface area contributed by atoms with Gasteiger partial charge in [-0.1, -0.05) is 13.8 Å². The molecule has 0 fully saturated rings. The molecule has 0 aliphatic rings. The number of hydrogen-bond acceptors (Lipinski definition) is 3. The van der Waals surface area contributed by atoms with E-state index in [4.69, 9.17) is 9.47 Å². The van der Waals surface area contributed by atoms with Gasteiger partial charge < -0.3 is 14.6 Å². The van der Waals surface area contributed by atoms with Crippen molar-refractivity contribution in [3.63, 3.8) is 0 Å². The first-order valence-corrected chi connectivity index (χ1v) is 5.80. The second-order valence-electron chi connectivity index (χ2n) is 5.01. The van der Waals surface area contributed by atoms with E-state index in [-0.39, 0.29) is 0 Å². The molecule has 0 amide bonds. The molecule has 0 heterocycles. The summed E-state index contributed by atoms with van der Waals surface area (Å²) in [6, 6.07) is 3.80. The fourth-order valence-electron chi connectivity index (χ4n) is 1.85. The van der Waals surface area contributed by atoms with Crippen LogP contribution in [0.3, 0.4) is 0 Å². The molecule has 0 saturated carbocycles. The number of methoxy groups -OCH3 is 2. The Morgan fingerprint density at radius 3 is 1.94 bits per heavy atom. The molecule has 96 valence electrons. The minimum Gasteiger partial charge on any atom is -0.496 e. The second kappa shape index (κ2) is 4.96. The summed E-state index contributed by atoms with van der Waals surface area (Å²) < 4.78 is 10.7. The minimum atomic E-state index is -0.929. The third-order valence-electron chi connectivity index (χ3n) is 2.83. The Balaban J connectivity index is 3.45. The molecule has 3 nitrogen and oxygen atoms in total. The SMILES string of the molecule is COc1cc(OC)c(C(C)(C)O)cc1C(C)C. The van der Waals surface area contributed by atoms with Gasteiger partial charge in [-0.2, -0.15) is 0 Å². The predicted molar refractivity (Wildman–Crippen MR) is 68.9 cm³/mol. The van der Waals surface area contributed by atoms with E-state index in [0.717, 1.165) is 16.9 Å². The Bertz CT molecular complexity index is 389. The lowest BCUT2D eigenvalue weighted by molar-refractivity contribution is 0.0754. The van der Waals surface area contributed by atoms with Crippen LogP contribution in [-0.2, 0) is 5.60 Å². The number of rotatable bonds is 4. The summed E-state index contributed by atoms with van der Waals surface area (Å²) in [4.78, 5) is 0. The molecular formula is C14H22O3. The lowest BCUT2D eigenvalue weighted by Crippen LogP contribution is -2.17. The second-order valence-corrected chi connectivity index (χ2v) is 5.01. The van der Waals surface area contributed by atoms with Crippen LogP contribution in [0, 0.1) is 0 Å². The largest absolute Gasteiger partial charge is 0.496 e. The Labute approximate surface area is 103 Å². The average molecular weight is 238 g/mol. The van der Waals surface area contributed by atoms with E-state index >= 15 is 0 Å². The lowest BCUT2D eigenvalue weighted by atomic mass is 9.91. The number of benzene rings is 1. The van der Waals surface area contributed by atoms with Crippen molar-refractivity contribution < 1.29 is 14.6 Å². The van der Waals surface area contributed by atoms with E-state index in [9.17, 15) is 5.11 Å². The molecular weight excluding hydrogens is 216 g/mol. The maximum absolute atomic E-state index is 10.1. The van der Waals surface area contributed by atoms with Crippen molar-refractivity contribution >= 4 is 0 Å². The van der Waals surface area contributed by atoms with Crippen LogP contribution in [0.4, 0.5) is 0 Å². The van der Waals surface area contributed by atoms with Gasteiger partial charge in [-0.15, -0.1) is 0 Å². The Kier molecular flexibility index (Phi) is 4.04. The Morgan fingerprint density at radius 2 is 1.59 bits per heavy atom. The molecule has 0 atom stereocenters. The van der Waals surface area contributed by atoms with Gasteiger partial charge in [-0.05, 0) is 31.4 Å². The maximum atomic E-state index is 10.1. The quantitative estimate of drug-likeness (QED) is 0.876. The molecule has 1 aromatic rings. The van der Waals surface area contributed by atoms with Crippen LogP contribution < -0.4 is 9.47 Å². The summed E-state index contributed by atoms with van der Waals surface area (Å²) in [5, 5.41) is 10.1. The maximum Gasteiger partial charge on any atom is 0.128 e. The zero-order chi connectivity index (χ0) is 13.2. The van der Waals surface area contributed by atoms with Gasteiger partial charge in [0.1, 0.15) is 11.5 Å². The fourth-order valence-corrected chi connectivity index (χ4v) is 1.85. The molecule has 1 N–H and O–H groups in total. The van der Waals surface area contributed by atoms with Crippen molar-refractivity contribution in [2.24, 2.45) is 0 Å². The first kappa shape index (κ1) is 13.8. The van der Waals surface area contributed by atoms with E-state index in [0.29, 0.717) is 11.7 Å². The Morgan fingerprint density at radius 1 is 1.06 bits per heavy atom. The van der Waals surface area contributed by atoms with Gasteiger partial charge in [0.15, 0.2) is 0 Å². The Hall–Kier alpha value is -1.22. The molecule has 1 rings (SSSR count). The first-order chi connectivity index (χ1) is 7.81. The fraction of sp³-hybridized carbons (Fsp3) is 0.571. The highest BCUT2D eigenvalue weighted by molar-refractivity contribution is 5.49. The first-order valence-electron chi connectivity index (χ1n) is 5.80. The molecule has 0 aromatic heterocycles. The summed E-state index contributed by atoms with van der Waals surface area (Å²) in [6.45, 7) is 7.69. The summed E-state index contributed by atoms with van der Waals surface area (Å²) in [5.41, 5.74) is 0.927. The number of hydrogen-bond donors (Lipinski definition) is 1. The van der Waals surface area contributed by atoms with E-state index in [1.165, 1.54) is 0 Å². The molecule has 3 heteroatoms. The van der Waals surface area contributed by atoms with Crippen molar-refractivity contribution in [1.29, 1.82) is 0 Å². The van der Waals surface area contributed by atoms with Gasteiger partial charge in [-0.3, -0.25) is 0 Å². The van der Waals surface area contributed by atoms with Crippen LogP contribution >= 0.6 is 0 Å². The number of ether oxygens (including phenoxy) is 2. The zero-order valence-corrected chi connectivity index (χ0v) is 11.5. The van der Waals surface area contributed by atoms with Gasteiger partial charge in [0, 0.05) is 11.6 Å². The van der Waals surface area contributed by atoms with E-state index < -0.39 is 5.60 Å². The average Bonchev–Trinajstić information content (AvgIpc) is 2.25. The molecule has 0 aliphatic carbocycles. The van der Waals surface area contributed by atoms with Crippen molar-refractivity contribution in [1.82, 2.24) is 0 Å². The molecule has 0 saturated heterocycles. The van der Waals surface area contributed by atoms with Crippen molar-refractivity contribution in [2.45, 2.75) is 39.2 Å². The van der Waals surface area contributed by atoms with Crippen LogP contribution in [-0.4, -0.2) is 19.3 Å². The van der Waals surface area contributed by atoms with Crippen molar-refractivity contribution in [3.05, 3.63) is 23.3 Å². The third kappa shape index (κ3) is 2.91. The highest BCUT2D eigenvalue weighted by Crippen LogP contribution is 2.38. The van der Waals surface area contributed by atoms with Crippen LogP contribution in [0.5, 0.6) is 11.5 Å². The van der Waals surface area contributed by atoms with Gasteiger partial charge in [-0.25, -0.2) is 0 Å².